The van der Waals surface area contributed by atoms with E-state index in [1.54, 1.807) is 0 Å². The van der Waals surface area contributed by atoms with Gasteiger partial charge in [-0.25, -0.2) is 9.59 Å². The van der Waals surface area contributed by atoms with Crippen molar-refractivity contribution in [2.45, 2.75) is 38.0 Å². The molecule has 0 spiro atoms. The fourth-order valence-corrected chi connectivity index (χ4v) is 5.73. The molecule has 2 aromatic rings. The first kappa shape index (κ1) is 19.1. The summed E-state index contributed by atoms with van der Waals surface area (Å²) in [6, 6.07) is 6.02. The molecule has 8 heteroatoms. The highest BCUT2D eigenvalue weighted by Gasteiger charge is 2.57. The van der Waals surface area contributed by atoms with Crippen LogP contribution in [0.15, 0.2) is 36.1 Å². The first-order valence-electron chi connectivity index (χ1n) is 10.2. The molecule has 2 N–H and O–H groups in total. The van der Waals surface area contributed by atoms with Crippen molar-refractivity contribution in [1.29, 1.82) is 0 Å². The van der Waals surface area contributed by atoms with Gasteiger partial charge in [0.1, 0.15) is 12.1 Å². The third-order valence-electron chi connectivity index (χ3n) is 7.24. The van der Waals surface area contributed by atoms with E-state index in [1.165, 1.54) is 13.4 Å². The van der Waals surface area contributed by atoms with Crippen LogP contribution in [0.1, 0.15) is 30.6 Å². The summed E-state index contributed by atoms with van der Waals surface area (Å²) in [4.78, 5) is 28.0. The van der Waals surface area contributed by atoms with Gasteiger partial charge in [0, 0.05) is 29.7 Å². The number of carbonyl (C=O) groups excluding carboxylic acids is 1. The number of ether oxygens (including phenoxy) is 2. The molecular weight excluding hydrogens is 388 g/mol. The number of benzene rings is 1. The van der Waals surface area contributed by atoms with Crippen molar-refractivity contribution in [3.05, 3.63) is 52.6 Å². The minimum Gasteiger partial charge on any atom is -0.632 e. The van der Waals surface area contributed by atoms with E-state index in [-0.39, 0.29) is 30.9 Å². The Kier molecular flexibility index (Phi) is 4.20. The van der Waals surface area contributed by atoms with Crippen LogP contribution in [0.4, 0.5) is 0 Å². The number of esters is 1. The zero-order valence-corrected chi connectivity index (χ0v) is 16.8. The number of H-pyrrole nitrogens is 1. The van der Waals surface area contributed by atoms with E-state index in [4.69, 9.17) is 9.47 Å². The van der Waals surface area contributed by atoms with Crippen LogP contribution in [0.2, 0.25) is 0 Å². The second-order valence-corrected chi connectivity index (χ2v) is 8.59. The molecule has 0 saturated carbocycles. The Morgan fingerprint density at radius 2 is 2.10 bits per heavy atom. The third kappa shape index (κ3) is 2.53. The first-order valence-corrected chi connectivity index (χ1v) is 10.2. The molecule has 1 unspecified atom stereocenters. The highest BCUT2D eigenvalue weighted by molar-refractivity contribution is 5.89. The summed E-state index contributed by atoms with van der Waals surface area (Å²) in [6.45, 7) is 1.94. The molecule has 1 saturated heterocycles. The second-order valence-electron chi connectivity index (χ2n) is 8.59. The molecular formula is C22H24N2O6. The van der Waals surface area contributed by atoms with Crippen molar-refractivity contribution >= 4 is 22.8 Å². The molecule has 0 radical (unpaired) electrons. The summed E-state index contributed by atoms with van der Waals surface area (Å²) in [6.07, 6.45) is 1.71. The van der Waals surface area contributed by atoms with E-state index in [0.29, 0.717) is 12.0 Å². The summed E-state index contributed by atoms with van der Waals surface area (Å²) in [5, 5.41) is 25.1. The van der Waals surface area contributed by atoms with Gasteiger partial charge in [-0.15, -0.1) is 0 Å². The number of carbonyl (C=O) groups is 2. The molecule has 1 aromatic heterocycles. The fraction of sp³-hybridized carbons (Fsp3) is 0.455. The number of piperidine rings is 1. The van der Waals surface area contributed by atoms with E-state index in [0.717, 1.165) is 22.2 Å². The molecule has 3 aliphatic heterocycles. The van der Waals surface area contributed by atoms with Crippen LogP contribution >= 0.6 is 0 Å². The highest BCUT2D eigenvalue weighted by Crippen LogP contribution is 2.53. The van der Waals surface area contributed by atoms with Gasteiger partial charge >= 0.3 is 11.9 Å². The number of rotatable bonds is 2. The predicted octanol–water partition coefficient (Wildman–Crippen LogP) is 2.64. The predicted molar refractivity (Wildman–Crippen MR) is 107 cm³/mol. The minimum atomic E-state index is -1.10. The number of nitrogens with zero attached hydrogens (tertiary/aromatic N) is 1. The number of carboxylic acid groups (broad SMARTS) is 1. The summed E-state index contributed by atoms with van der Waals surface area (Å²) in [5.74, 6) is -2.04. The van der Waals surface area contributed by atoms with Crippen molar-refractivity contribution in [2.75, 3.05) is 13.7 Å². The van der Waals surface area contributed by atoms with Crippen molar-refractivity contribution in [3.8, 4) is 0 Å². The van der Waals surface area contributed by atoms with Crippen molar-refractivity contribution < 1.29 is 28.8 Å². The van der Waals surface area contributed by atoms with Gasteiger partial charge in [-0.05, 0) is 18.6 Å². The SMILES string of the molecule is COC(=O)C1=CO[C@@H](C)[C@@H]2C[N+]3([O-])[C@H](C(=O)O)Cc4c([nH]c5ccccc45)[C@@H]3C[C@H]12. The molecule has 1 aromatic carbocycles. The molecule has 0 aliphatic carbocycles. The summed E-state index contributed by atoms with van der Waals surface area (Å²) in [5.41, 5.74) is 3.01. The number of fused-ring (bicyclic) bond motifs is 6. The Hall–Kier alpha value is -2.84. The minimum absolute atomic E-state index is 0.0800. The molecule has 8 nitrogen and oxygen atoms in total. The van der Waals surface area contributed by atoms with Gasteiger partial charge in [0.25, 0.3) is 0 Å². The summed E-state index contributed by atoms with van der Waals surface area (Å²) >= 11 is 0. The maximum absolute atomic E-state index is 14.2. The maximum atomic E-state index is 14.2. The normalized spacial score (nSPS) is 34.8. The zero-order chi connectivity index (χ0) is 21.2. The Labute approximate surface area is 173 Å². The Bertz CT molecular complexity index is 1070. The van der Waals surface area contributed by atoms with Crippen LogP contribution in [0, 0.1) is 17.0 Å². The number of carboxylic acids is 1. The average Bonchev–Trinajstić information content (AvgIpc) is 3.10. The van der Waals surface area contributed by atoms with Crippen molar-refractivity contribution in [3.63, 3.8) is 0 Å². The summed E-state index contributed by atoms with van der Waals surface area (Å²) in [7, 11) is 1.32. The zero-order valence-electron chi connectivity index (χ0n) is 16.8. The van der Waals surface area contributed by atoms with E-state index in [9.17, 15) is 19.9 Å². The number of aromatic nitrogens is 1. The largest absolute Gasteiger partial charge is 0.632 e. The van der Waals surface area contributed by atoms with Crippen LogP contribution in [-0.2, 0) is 25.5 Å². The Morgan fingerprint density at radius 3 is 2.83 bits per heavy atom. The molecule has 30 heavy (non-hydrogen) atoms. The number of nitrogens with one attached hydrogen (secondary N) is 1. The van der Waals surface area contributed by atoms with Crippen LogP contribution in [0.5, 0.6) is 0 Å². The molecule has 158 valence electrons. The standard InChI is InChI=1S/C22H24N2O6/c1-11-15-9-24(28)18(7-13(15)16(10-30-11)22(27)29-2)20-14(8-19(24)21(25)26)12-5-3-4-6-17(12)23-20/h3-6,10-11,13,15,18-19,23H,7-9H2,1-2H3,(H,25,26)/t11-,13-,15-,18-,19-,24?/m0/s1. The van der Waals surface area contributed by atoms with Crippen LogP contribution in [-0.4, -0.2) is 52.5 Å². The lowest BCUT2D eigenvalue weighted by Gasteiger charge is -2.60. The molecule has 3 aliphatic rings. The van der Waals surface area contributed by atoms with Crippen molar-refractivity contribution in [1.82, 2.24) is 4.98 Å². The fourth-order valence-electron chi connectivity index (χ4n) is 5.73. The first-order chi connectivity index (χ1) is 14.3. The van der Waals surface area contributed by atoms with Crippen LogP contribution < -0.4 is 0 Å². The van der Waals surface area contributed by atoms with Crippen LogP contribution in [0.3, 0.4) is 0 Å². The second kappa shape index (κ2) is 6.58. The molecule has 0 bridgehead atoms. The number of quaternary nitrogens is 1. The quantitative estimate of drug-likeness (QED) is 0.446. The van der Waals surface area contributed by atoms with E-state index < -0.39 is 28.7 Å². The number of hydrogen-bond donors (Lipinski definition) is 2. The Morgan fingerprint density at radius 1 is 1.33 bits per heavy atom. The van der Waals surface area contributed by atoms with Gasteiger partial charge in [0.05, 0.1) is 37.1 Å². The molecule has 4 heterocycles. The van der Waals surface area contributed by atoms with E-state index >= 15 is 0 Å². The number of hydrogen-bond acceptors (Lipinski definition) is 5. The number of hydroxylamine groups is 3. The number of aromatic amines is 1. The number of para-hydroxylation sites is 1. The highest BCUT2D eigenvalue weighted by atomic mass is 16.6. The molecule has 6 atom stereocenters. The van der Waals surface area contributed by atoms with Gasteiger partial charge in [0.2, 0.25) is 0 Å². The lowest BCUT2D eigenvalue weighted by atomic mass is 9.70. The molecule has 5 rings (SSSR count). The lowest BCUT2D eigenvalue weighted by Crippen LogP contribution is -2.66. The number of aliphatic carboxylic acids is 1. The van der Waals surface area contributed by atoms with Gasteiger partial charge in [-0.1, -0.05) is 18.2 Å². The number of methoxy groups -OCH3 is 1. The third-order valence-corrected chi connectivity index (χ3v) is 7.24. The van der Waals surface area contributed by atoms with E-state index in [1.807, 2.05) is 31.2 Å². The summed E-state index contributed by atoms with van der Waals surface area (Å²) < 4.78 is 9.76. The Balaban J connectivity index is 1.66. The van der Waals surface area contributed by atoms with E-state index in [2.05, 4.69) is 4.98 Å². The van der Waals surface area contributed by atoms with Gasteiger partial charge in [-0.2, -0.15) is 0 Å². The lowest BCUT2D eigenvalue weighted by molar-refractivity contribution is -0.939. The van der Waals surface area contributed by atoms with Gasteiger partial charge in [-0.3, -0.25) is 0 Å². The topological polar surface area (TPSA) is 112 Å². The molecule has 0 amide bonds. The maximum Gasteiger partial charge on any atom is 0.363 e. The monoisotopic (exact) mass is 412 g/mol. The van der Waals surface area contributed by atoms with Crippen molar-refractivity contribution in [2.24, 2.45) is 11.8 Å². The van der Waals surface area contributed by atoms with Gasteiger partial charge in [0.15, 0.2) is 6.04 Å². The van der Waals surface area contributed by atoms with Gasteiger partial charge < -0.3 is 29.4 Å². The van der Waals surface area contributed by atoms with Crippen LogP contribution in [0.25, 0.3) is 10.9 Å². The average molecular weight is 412 g/mol. The molecule has 1 fully saturated rings. The smallest absolute Gasteiger partial charge is 0.363 e.